The molecule has 1 nitrogen and oxygen atoms in total. The molecule has 115 valence electrons. The van der Waals surface area contributed by atoms with Crippen LogP contribution >= 0.6 is 34.2 Å². The van der Waals surface area contributed by atoms with Crippen molar-refractivity contribution in [2.24, 2.45) is 0 Å². The van der Waals surface area contributed by atoms with Crippen molar-refractivity contribution in [2.45, 2.75) is 26.2 Å². The Labute approximate surface area is 149 Å². The number of carbonyl (C=O) groups is 1. The Bertz CT molecular complexity index is 667. The molecule has 1 atom stereocenters. The molecule has 0 saturated heterocycles. The number of benzene rings is 2. The summed E-state index contributed by atoms with van der Waals surface area (Å²) >= 11 is 7.94. The van der Waals surface area contributed by atoms with Gasteiger partial charge in [-0.25, -0.2) is 4.39 Å². The molecule has 1 radical (unpaired) electrons. The van der Waals surface area contributed by atoms with Crippen LogP contribution in [-0.2, 0) is 0 Å². The van der Waals surface area contributed by atoms with Crippen LogP contribution in [0.2, 0.25) is 5.02 Å². The number of carbonyl (C=O) groups excluding carboxylic acids is 1. The molecule has 2 rings (SSSR count). The lowest BCUT2D eigenvalue weighted by Gasteiger charge is -2.19. The van der Waals surface area contributed by atoms with E-state index in [1.807, 2.05) is 38.1 Å². The molecule has 22 heavy (non-hydrogen) atoms. The molecule has 0 heterocycles. The maximum Gasteiger partial charge on any atom is 0.170 e. The third kappa shape index (κ3) is 4.29. The predicted molar refractivity (Wildman–Crippen MR) is 96.8 cm³/mol. The molecule has 2 aromatic carbocycles. The molecule has 2 aromatic rings. The zero-order valence-electron chi connectivity index (χ0n) is 12.4. The first-order chi connectivity index (χ1) is 10.4. The smallest absolute Gasteiger partial charge is 0.170 e. The van der Waals surface area contributed by atoms with Gasteiger partial charge < -0.3 is 0 Å². The molecule has 0 spiro atoms. The van der Waals surface area contributed by atoms with Crippen molar-refractivity contribution >= 4 is 40.0 Å². The largest absolute Gasteiger partial charge is 0.293 e. The Morgan fingerprint density at radius 1 is 1.18 bits per heavy atom. The van der Waals surface area contributed by atoms with Gasteiger partial charge in [0.05, 0.1) is 5.02 Å². The van der Waals surface area contributed by atoms with E-state index < -0.39 is 11.7 Å². The van der Waals surface area contributed by atoms with Crippen molar-refractivity contribution in [1.82, 2.24) is 0 Å². The average molecular weight is 430 g/mol. The molecule has 0 aliphatic carbocycles. The summed E-state index contributed by atoms with van der Waals surface area (Å²) in [6.07, 6.45) is 0.589. The van der Waals surface area contributed by atoms with Gasteiger partial charge >= 0.3 is 0 Å². The van der Waals surface area contributed by atoms with Crippen molar-refractivity contribution in [3.63, 3.8) is 0 Å². The van der Waals surface area contributed by atoms with Crippen LogP contribution in [0.5, 0.6) is 0 Å². The quantitative estimate of drug-likeness (QED) is 0.417. The minimum atomic E-state index is -0.492. The van der Waals surface area contributed by atoms with Crippen molar-refractivity contribution in [1.29, 1.82) is 0 Å². The van der Waals surface area contributed by atoms with Gasteiger partial charge in [0.1, 0.15) is 5.82 Å². The molecule has 4 heteroatoms. The van der Waals surface area contributed by atoms with Crippen LogP contribution < -0.4 is 0 Å². The second kappa shape index (κ2) is 7.55. The molecular weight excluding hydrogens is 414 g/mol. The van der Waals surface area contributed by atoms with Gasteiger partial charge in [0, 0.05) is 15.1 Å². The van der Waals surface area contributed by atoms with Gasteiger partial charge in [-0.15, -0.1) is 0 Å². The zero-order chi connectivity index (χ0) is 16.3. The number of ketones is 1. The molecule has 0 amide bonds. The van der Waals surface area contributed by atoms with Crippen LogP contribution in [0, 0.1) is 15.3 Å². The van der Waals surface area contributed by atoms with E-state index in [0.717, 1.165) is 9.49 Å². The third-order valence-corrected chi connectivity index (χ3v) is 4.43. The number of halogens is 3. The lowest BCUT2D eigenvalue weighted by atomic mass is 9.84. The van der Waals surface area contributed by atoms with Crippen molar-refractivity contribution in [3.8, 4) is 0 Å². The van der Waals surface area contributed by atoms with E-state index in [1.54, 1.807) is 6.07 Å². The Morgan fingerprint density at radius 2 is 1.82 bits per heavy atom. The predicted octanol–water partition coefficient (Wildman–Crippen LogP) is 6.05. The van der Waals surface area contributed by atoms with Gasteiger partial charge in [0.2, 0.25) is 0 Å². The van der Waals surface area contributed by atoms with Gasteiger partial charge in [-0.1, -0.05) is 43.6 Å². The second-order valence-corrected chi connectivity index (χ2v) is 7.16. The first-order valence-corrected chi connectivity index (χ1v) is 8.38. The first kappa shape index (κ1) is 17.4. The van der Waals surface area contributed by atoms with Gasteiger partial charge in [-0.3, -0.25) is 4.79 Å². The van der Waals surface area contributed by atoms with E-state index in [1.165, 1.54) is 12.1 Å². The highest BCUT2D eigenvalue weighted by Crippen LogP contribution is 2.30. The highest BCUT2D eigenvalue weighted by atomic mass is 127. The number of hydrogen-bond donors (Lipinski definition) is 0. The molecule has 0 fully saturated rings. The SMILES string of the molecule is C[C](C)CC(C(=O)c1ccc(I)cc1)c1ccc(Cl)c(F)c1. The summed E-state index contributed by atoms with van der Waals surface area (Å²) in [6, 6.07) is 12.0. The summed E-state index contributed by atoms with van der Waals surface area (Å²) in [6.45, 7) is 3.95. The molecule has 0 bridgehead atoms. The standard InChI is InChI=1S/C18H16ClFIO/c1-11(2)9-15(13-5-8-16(19)17(20)10-13)18(22)12-3-6-14(21)7-4-12/h3-8,10,15H,9H2,1-2H3. The topological polar surface area (TPSA) is 17.1 Å². The average Bonchev–Trinajstić information content (AvgIpc) is 2.48. The molecule has 0 N–H and O–H groups in total. The van der Waals surface area contributed by atoms with Gasteiger partial charge in [0.15, 0.2) is 5.78 Å². The number of rotatable bonds is 5. The van der Waals surface area contributed by atoms with E-state index in [4.69, 9.17) is 11.6 Å². The summed E-state index contributed by atoms with van der Waals surface area (Å²) in [5, 5.41) is 0.0708. The monoisotopic (exact) mass is 429 g/mol. The Morgan fingerprint density at radius 3 is 2.36 bits per heavy atom. The Kier molecular flexibility index (Phi) is 5.98. The van der Waals surface area contributed by atoms with Crippen molar-refractivity contribution in [2.75, 3.05) is 0 Å². The van der Waals surface area contributed by atoms with E-state index in [-0.39, 0.29) is 10.8 Å². The van der Waals surface area contributed by atoms with E-state index in [0.29, 0.717) is 17.5 Å². The minimum absolute atomic E-state index is 0.000627. The summed E-state index contributed by atoms with van der Waals surface area (Å²) in [7, 11) is 0. The Balaban J connectivity index is 2.38. The second-order valence-electron chi connectivity index (χ2n) is 5.51. The fourth-order valence-electron chi connectivity index (χ4n) is 2.31. The first-order valence-electron chi connectivity index (χ1n) is 6.92. The fourth-order valence-corrected chi connectivity index (χ4v) is 2.79. The Hall–Kier alpha value is -0.940. The summed E-state index contributed by atoms with van der Waals surface area (Å²) in [5.41, 5.74) is 1.30. The van der Waals surface area contributed by atoms with Crippen LogP contribution in [-0.4, -0.2) is 5.78 Å². The molecular formula is C18H16ClFIO. The minimum Gasteiger partial charge on any atom is -0.293 e. The van der Waals surface area contributed by atoms with Crippen LogP contribution in [0.3, 0.4) is 0 Å². The van der Waals surface area contributed by atoms with E-state index in [9.17, 15) is 9.18 Å². The third-order valence-electron chi connectivity index (χ3n) is 3.40. The highest BCUT2D eigenvalue weighted by Gasteiger charge is 2.24. The van der Waals surface area contributed by atoms with Crippen LogP contribution in [0.15, 0.2) is 42.5 Å². The summed E-state index contributed by atoms with van der Waals surface area (Å²) in [4.78, 5) is 12.8. The fraction of sp³-hybridized carbons (Fsp3) is 0.222. The maximum absolute atomic E-state index is 13.7. The van der Waals surface area contributed by atoms with Gasteiger partial charge in [-0.05, 0) is 64.8 Å². The maximum atomic E-state index is 13.7. The highest BCUT2D eigenvalue weighted by molar-refractivity contribution is 14.1. The zero-order valence-corrected chi connectivity index (χ0v) is 15.3. The number of Topliss-reactive ketones (excluding diaryl/α,β-unsaturated/α-hetero) is 1. The van der Waals surface area contributed by atoms with Gasteiger partial charge in [0.25, 0.3) is 0 Å². The molecule has 0 saturated carbocycles. The normalized spacial score (nSPS) is 12.5. The lowest BCUT2D eigenvalue weighted by molar-refractivity contribution is 0.0956. The lowest BCUT2D eigenvalue weighted by Crippen LogP contribution is -2.15. The summed E-state index contributed by atoms with van der Waals surface area (Å²) in [5.74, 6) is 0.240. The molecule has 0 aliphatic heterocycles. The number of hydrogen-bond acceptors (Lipinski definition) is 1. The summed E-state index contributed by atoms with van der Waals surface area (Å²) < 4.78 is 14.8. The van der Waals surface area contributed by atoms with Crippen molar-refractivity contribution in [3.05, 3.63) is 73.9 Å². The molecule has 0 aliphatic rings. The molecule has 0 aromatic heterocycles. The molecule has 1 unspecified atom stereocenters. The van der Waals surface area contributed by atoms with Crippen LogP contribution in [0.25, 0.3) is 0 Å². The van der Waals surface area contributed by atoms with Gasteiger partial charge in [-0.2, -0.15) is 0 Å². The van der Waals surface area contributed by atoms with Crippen molar-refractivity contribution < 1.29 is 9.18 Å². The van der Waals surface area contributed by atoms with Crippen LogP contribution in [0.1, 0.15) is 42.1 Å². The van der Waals surface area contributed by atoms with E-state index >= 15 is 0 Å². The van der Waals surface area contributed by atoms with Crippen LogP contribution in [0.4, 0.5) is 4.39 Å². The van der Waals surface area contributed by atoms with E-state index in [2.05, 4.69) is 22.6 Å².